The summed E-state index contributed by atoms with van der Waals surface area (Å²) in [4.78, 5) is 10.7. The molecule has 0 radical (unpaired) electrons. The van der Waals surface area contributed by atoms with Crippen molar-refractivity contribution in [2.24, 2.45) is 0 Å². The van der Waals surface area contributed by atoms with Gasteiger partial charge in [0, 0.05) is 0 Å². The fourth-order valence-electron chi connectivity index (χ4n) is 1.68. The van der Waals surface area contributed by atoms with Crippen molar-refractivity contribution in [3.8, 4) is 16.9 Å². The molecule has 0 saturated heterocycles. The van der Waals surface area contributed by atoms with E-state index in [1.165, 1.54) is 37.4 Å². The lowest BCUT2D eigenvalue weighted by molar-refractivity contribution is 0.111. The Balaban J connectivity index is 2.55. The number of halogens is 2. The van der Waals surface area contributed by atoms with E-state index < -0.39 is 5.82 Å². The molecule has 0 spiro atoms. The lowest BCUT2D eigenvalue weighted by Gasteiger charge is -2.08. The van der Waals surface area contributed by atoms with Crippen molar-refractivity contribution in [2.45, 2.75) is 0 Å². The molecule has 2 aromatic rings. The molecular weight excluding hydrogens is 238 g/mol. The van der Waals surface area contributed by atoms with Gasteiger partial charge in [0.2, 0.25) is 0 Å². The Labute approximate surface area is 103 Å². The van der Waals surface area contributed by atoms with E-state index in [-0.39, 0.29) is 17.1 Å². The largest absolute Gasteiger partial charge is 0.496 e. The SMILES string of the molecule is COc1cc(-c2ccc(F)cc2)cc(F)c1C=O. The number of methoxy groups -OCH3 is 1. The molecule has 0 aliphatic carbocycles. The molecule has 0 aliphatic rings. The molecule has 0 aromatic heterocycles. The second kappa shape index (κ2) is 4.96. The van der Waals surface area contributed by atoms with Crippen LogP contribution in [-0.2, 0) is 0 Å². The minimum absolute atomic E-state index is 0.122. The van der Waals surface area contributed by atoms with Gasteiger partial charge in [-0.05, 0) is 35.4 Å². The highest BCUT2D eigenvalue weighted by Crippen LogP contribution is 2.28. The van der Waals surface area contributed by atoms with Crippen molar-refractivity contribution in [1.29, 1.82) is 0 Å². The molecule has 4 heteroatoms. The highest BCUT2D eigenvalue weighted by Gasteiger charge is 2.11. The van der Waals surface area contributed by atoms with E-state index in [2.05, 4.69) is 0 Å². The zero-order chi connectivity index (χ0) is 13.1. The maximum absolute atomic E-state index is 13.7. The van der Waals surface area contributed by atoms with Crippen LogP contribution in [0.5, 0.6) is 5.75 Å². The van der Waals surface area contributed by atoms with Crippen LogP contribution >= 0.6 is 0 Å². The molecule has 0 atom stereocenters. The van der Waals surface area contributed by atoms with Crippen molar-refractivity contribution in [3.05, 3.63) is 53.6 Å². The lowest BCUT2D eigenvalue weighted by Crippen LogP contribution is -1.95. The van der Waals surface area contributed by atoms with Gasteiger partial charge in [-0.25, -0.2) is 8.78 Å². The predicted molar refractivity (Wildman–Crippen MR) is 63.7 cm³/mol. The van der Waals surface area contributed by atoms with Crippen molar-refractivity contribution in [3.63, 3.8) is 0 Å². The van der Waals surface area contributed by atoms with Gasteiger partial charge in [0.25, 0.3) is 0 Å². The van der Waals surface area contributed by atoms with E-state index in [0.29, 0.717) is 17.4 Å². The maximum Gasteiger partial charge on any atom is 0.156 e. The van der Waals surface area contributed by atoms with Crippen LogP contribution in [0.1, 0.15) is 10.4 Å². The third-order valence-electron chi connectivity index (χ3n) is 2.61. The van der Waals surface area contributed by atoms with Crippen LogP contribution in [0.4, 0.5) is 8.78 Å². The summed E-state index contributed by atoms with van der Waals surface area (Å²) in [6.07, 6.45) is 0.405. The molecule has 2 nitrogen and oxygen atoms in total. The lowest BCUT2D eigenvalue weighted by atomic mass is 10.0. The van der Waals surface area contributed by atoms with Crippen molar-refractivity contribution < 1.29 is 18.3 Å². The number of hydrogen-bond acceptors (Lipinski definition) is 2. The van der Waals surface area contributed by atoms with E-state index in [9.17, 15) is 13.6 Å². The number of hydrogen-bond donors (Lipinski definition) is 0. The Morgan fingerprint density at radius 3 is 2.28 bits per heavy atom. The fraction of sp³-hybridized carbons (Fsp3) is 0.0714. The zero-order valence-electron chi connectivity index (χ0n) is 9.61. The number of carbonyl (C=O) groups excluding carboxylic acids is 1. The third-order valence-corrected chi connectivity index (χ3v) is 2.61. The van der Waals surface area contributed by atoms with Crippen LogP contribution in [0.3, 0.4) is 0 Å². The van der Waals surface area contributed by atoms with Gasteiger partial charge in [-0.15, -0.1) is 0 Å². The average Bonchev–Trinajstić information content (AvgIpc) is 2.38. The summed E-state index contributed by atoms with van der Waals surface area (Å²) in [5.74, 6) is -0.872. The predicted octanol–water partition coefficient (Wildman–Crippen LogP) is 3.45. The molecule has 2 rings (SSSR count). The van der Waals surface area contributed by atoms with Gasteiger partial charge in [-0.1, -0.05) is 12.1 Å². The standard InChI is InChI=1S/C14H10F2O2/c1-18-14-7-10(6-13(16)12(14)8-17)9-2-4-11(15)5-3-9/h2-8H,1H3. The third kappa shape index (κ3) is 2.22. The van der Waals surface area contributed by atoms with E-state index in [1.807, 2.05) is 0 Å². The first-order chi connectivity index (χ1) is 8.65. The van der Waals surface area contributed by atoms with Gasteiger partial charge in [-0.2, -0.15) is 0 Å². The van der Waals surface area contributed by atoms with Crippen molar-refractivity contribution in [1.82, 2.24) is 0 Å². The summed E-state index contributed by atoms with van der Waals surface area (Å²) in [5.41, 5.74) is 1.05. The summed E-state index contributed by atoms with van der Waals surface area (Å²) >= 11 is 0. The summed E-state index contributed by atoms with van der Waals surface area (Å²) in [7, 11) is 1.36. The molecule has 2 aromatic carbocycles. The number of carbonyl (C=O) groups is 1. The van der Waals surface area contributed by atoms with Gasteiger partial charge in [-0.3, -0.25) is 4.79 Å². The van der Waals surface area contributed by atoms with E-state index in [0.717, 1.165) is 0 Å². The van der Waals surface area contributed by atoms with Gasteiger partial charge in [0.1, 0.15) is 17.4 Å². The number of benzene rings is 2. The van der Waals surface area contributed by atoms with Crippen LogP contribution in [0.25, 0.3) is 11.1 Å². The summed E-state index contributed by atoms with van der Waals surface area (Å²) in [5, 5.41) is 0. The quantitative estimate of drug-likeness (QED) is 0.777. The Kier molecular flexibility index (Phi) is 3.37. The molecular formula is C14H10F2O2. The Bertz CT molecular complexity index is 577. The van der Waals surface area contributed by atoms with Crippen LogP contribution in [0.15, 0.2) is 36.4 Å². The first kappa shape index (κ1) is 12.2. The summed E-state index contributed by atoms with van der Waals surface area (Å²) < 4.78 is 31.4. The zero-order valence-corrected chi connectivity index (χ0v) is 9.61. The summed E-state index contributed by atoms with van der Waals surface area (Å²) in [6.45, 7) is 0. The van der Waals surface area contributed by atoms with Crippen LogP contribution in [0.2, 0.25) is 0 Å². The molecule has 0 unspecified atom stereocenters. The summed E-state index contributed by atoms with van der Waals surface area (Å²) in [6, 6.07) is 8.40. The minimum Gasteiger partial charge on any atom is -0.496 e. The fourth-order valence-corrected chi connectivity index (χ4v) is 1.68. The Morgan fingerprint density at radius 1 is 1.06 bits per heavy atom. The maximum atomic E-state index is 13.7. The normalized spacial score (nSPS) is 10.2. The monoisotopic (exact) mass is 248 g/mol. The molecule has 18 heavy (non-hydrogen) atoms. The van der Waals surface area contributed by atoms with Gasteiger partial charge < -0.3 is 4.74 Å². The molecule has 0 fully saturated rings. The van der Waals surface area contributed by atoms with Gasteiger partial charge >= 0.3 is 0 Å². The first-order valence-corrected chi connectivity index (χ1v) is 5.24. The van der Waals surface area contributed by atoms with Gasteiger partial charge in [0.15, 0.2) is 6.29 Å². The molecule has 0 N–H and O–H groups in total. The minimum atomic E-state index is -0.663. The Hall–Kier alpha value is -2.23. The molecule has 0 amide bonds. The van der Waals surface area contributed by atoms with E-state index in [1.54, 1.807) is 6.07 Å². The van der Waals surface area contributed by atoms with Crippen molar-refractivity contribution in [2.75, 3.05) is 7.11 Å². The highest BCUT2D eigenvalue weighted by atomic mass is 19.1. The molecule has 0 bridgehead atoms. The first-order valence-electron chi connectivity index (χ1n) is 5.24. The molecule has 0 heterocycles. The number of rotatable bonds is 3. The van der Waals surface area contributed by atoms with Gasteiger partial charge in [0.05, 0.1) is 12.7 Å². The average molecular weight is 248 g/mol. The molecule has 92 valence electrons. The van der Waals surface area contributed by atoms with E-state index in [4.69, 9.17) is 4.74 Å². The topological polar surface area (TPSA) is 26.3 Å². The highest BCUT2D eigenvalue weighted by molar-refractivity contribution is 5.82. The Morgan fingerprint density at radius 2 is 1.72 bits per heavy atom. The van der Waals surface area contributed by atoms with E-state index >= 15 is 0 Å². The molecule has 0 aliphatic heterocycles. The number of ether oxygens (including phenoxy) is 1. The second-order valence-corrected chi connectivity index (χ2v) is 3.70. The second-order valence-electron chi connectivity index (χ2n) is 3.70. The molecule has 0 saturated carbocycles. The van der Waals surface area contributed by atoms with Crippen LogP contribution in [-0.4, -0.2) is 13.4 Å². The number of aldehydes is 1. The van der Waals surface area contributed by atoms with Crippen LogP contribution < -0.4 is 4.74 Å². The van der Waals surface area contributed by atoms with Crippen molar-refractivity contribution >= 4 is 6.29 Å². The smallest absolute Gasteiger partial charge is 0.156 e. The van der Waals surface area contributed by atoms with Crippen LogP contribution in [0, 0.1) is 11.6 Å².